The van der Waals surface area contributed by atoms with Gasteiger partial charge in [0.1, 0.15) is 5.82 Å². The molecule has 1 spiro atoms. The molecule has 0 saturated heterocycles. The number of hydrogen-bond acceptors (Lipinski definition) is 3. The van der Waals surface area contributed by atoms with Crippen molar-refractivity contribution in [1.82, 2.24) is 4.98 Å². The fourth-order valence-corrected chi connectivity index (χ4v) is 3.46. The predicted octanol–water partition coefficient (Wildman–Crippen LogP) is 1.68. The highest BCUT2D eigenvalue weighted by molar-refractivity contribution is 6.06. The number of nitrogens with zero attached hydrogens (tertiary/aromatic N) is 1. The van der Waals surface area contributed by atoms with Crippen LogP contribution in [0.5, 0.6) is 0 Å². The Bertz CT molecular complexity index is 647. The fraction of sp³-hybridized carbons (Fsp3) is 0.333. The number of hydrogen-bond donors (Lipinski definition) is 2. The van der Waals surface area contributed by atoms with Crippen molar-refractivity contribution >= 4 is 11.7 Å². The van der Waals surface area contributed by atoms with Gasteiger partial charge in [-0.05, 0) is 36.5 Å². The zero-order chi connectivity index (χ0) is 13.0. The summed E-state index contributed by atoms with van der Waals surface area (Å²) in [6, 6.07) is 3.86. The highest BCUT2D eigenvalue weighted by atomic mass is 16.3. The molecule has 2 N–H and O–H groups in total. The minimum Gasteiger partial charge on any atom is -0.389 e. The monoisotopic (exact) mass is 254 g/mol. The summed E-state index contributed by atoms with van der Waals surface area (Å²) in [6.45, 7) is 0. The van der Waals surface area contributed by atoms with Gasteiger partial charge in [0.05, 0.1) is 11.5 Å². The minimum atomic E-state index is -0.509. The maximum atomic E-state index is 12.4. The van der Waals surface area contributed by atoms with E-state index in [1.165, 1.54) is 5.57 Å². The highest BCUT2D eigenvalue weighted by Crippen LogP contribution is 2.53. The topological polar surface area (TPSA) is 62.2 Å². The van der Waals surface area contributed by atoms with E-state index in [-0.39, 0.29) is 5.91 Å². The Morgan fingerprint density at radius 3 is 3.11 bits per heavy atom. The molecule has 19 heavy (non-hydrogen) atoms. The molecule has 4 heteroatoms. The van der Waals surface area contributed by atoms with E-state index in [0.717, 1.165) is 17.6 Å². The zero-order valence-corrected chi connectivity index (χ0v) is 10.4. The van der Waals surface area contributed by atoms with Crippen LogP contribution in [0.1, 0.15) is 24.8 Å². The second kappa shape index (κ2) is 3.54. The Morgan fingerprint density at radius 2 is 2.21 bits per heavy atom. The number of aliphatic hydroxyl groups excluding tert-OH is 1. The average Bonchev–Trinajstić information content (AvgIpc) is 2.90. The molecule has 1 saturated carbocycles. The van der Waals surface area contributed by atoms with E-state index < -0.39 is 11.5 Å². The summed E-state index contributed by atoms with van der Waals surface area (Å²) >= 11 is 0. The summed E-state index contributed by atoms with van der Waals surface area (Å²) in [5.74, 6) is 0.722. The van der Waals surface area contributed by atoms with Crippen molar-refractivity contribution in [2.75, 3.05) is 5.32 Å². The lowest BCUT2D eigenvalue weighted by atomic mass is 9.80. The maximum Gasteiger partial charge on any atom is 0.237 e. The lowest BCUT2D eigenvalue weighted by Crippen LogP contribution is -2.31. The van der Waals surface area contributed by atoms with Crippen molar-refractivity contribution < 1.29 is 9.90 Å². The molecule has 0 radical (unpaired) electrons. The Hall–Kier alpha value is -1.94. The van der Waals surface area contributed by atoms with E-state index in [2.05, 4.69) is 16.4 Å². The van der Waals surface area contributed by atoms with E-state index in [0.29, 0.717) is 18.7 Å². The van der Waals surface area contributed by atoms with Crippen LogP contribution in [0.3, 0.4) is 0 Å². The second-order valence-corrected chi connectivity index (χ2v) is 5.51. The molecule has 1 aliphatic heterocycles. The largest absolute Gasteiger partial charge is 0.389 e. The zero-order valence-electron chi connectivity index (χ0n) is 10.4. The molecule has 0 aromatic carbocycles. The number of amides is 1. The number of fused-ring (bicyclic) bond motifs is 3. The molecule has 1 fully saturated rings. The van der Waals surface area contributed by atoms with Gasteiger partial charge in [-0.1, -0.05) is 18.2 Å². The Balaban J connectivity index is 1.85. The molecule has 2 aliphatic carbocycles. The van der Waals surface area contributed by atoms with Gasteiger partial charge in [-0.3, -0.25) is 4.79 Å². The van der Waals surface area contributed by atoms with Crippen molar-refractivity contribution in [2.45, 2.75) is 30.8 Å². The van der Waals surface area contributed by atoms with Gasteiger partial charge in [0.2, 0.25) is 5.91 Å². The maximum absolute atomic E-state index is 12.4. The van der Waals surface area contributed by atoms with E-state index in [9.17, 15) is 9.90 Å². The first-order chi connectivity index (χ1) is 9.19. The van der Waals surface area contributed by atoms with Crippen LogP contribution in [0.4, 0.5) is 5.82 Å². The van der Waals surface area contributed by atoms with Crippen LogP contribution in [-0.4, -0.2) is 22.1 Å². The lowest BCUT2D eigenvalue weighted by Gasteiger charge is -2.19. The number of carbonyl (C=O) groups is 1. The number of aromatic nitrogens is 1. The van der Waals surface area contributed by atoms with Crippen LogP contribution in [0.25, 0.3) is 0 Å². The first-order valence-corrected chi connectivity index (χ1v) is 6.54. The van der Waals surface area contributed by atoms with Crippen LogP contribution in [0, 0.1) is 0 Å². The smallest absolute Gasteiger partial charge is 0.237 e. The molecule has 1 aromatic rings. The number of allylic oxidation sites excluding steroid dienone is 2. The van der Waals surface area contributed by atoms with Crippen molar-refractivity contribution in [2.24, 2.45) is 0 Å². The quantitative estimate of drug-likeness (QED) is 0.740. The molecule has 4 nitrogen and oxygen atoms in total. The molecule has 3 aliphatic rings. The normalized spacial score (nSPS) is 31.6. The summed E-state index contributed by atoms with van der Waals surface area (Å²) in [6.07, 6.45) is 7.28. The van der Waals surface area contributed by atoms with Gasteiger partial charge < -0.3 is 10.4 Å². The summed E-state index contributed by atoms with van der Waals surface area (Å²) in [5.41, 5.74) is 2.80. The third kappa shape index (κ3) is 1.37. The third-order valence-corrected chi connectivity index (χ3v) is 4.39. The SMILES string of the molecule is O=C1Nc2ncccc2[C@]12CC1=CCC(O)C=C1C2. The first kappa shape index (κ1) is 10.9. The van der Waals surface area contributed by atoms with Crippen LogP contribution in [-0.2, 0) is 10.2 Å². The average molecular weight is 254 g/mol. The van der Waals surface area contributed by atoms with Crippen molar-refractivity contribution in [3.8, 4) is 0 Å². The fourth-order valence-electron chi connectivity index (χ4n) is 3.46. The van der Waals surface area contributed by atoms with Crippen LogP contribution in [0.15, 0.2) is 41.6 Å². The molecule has 2 heterocycles. The number of rotatable bonds is 0. The Kier molecular flexibility index (Phi) is 2.04. The van der Waals surface area contributed by atoms with E-state index in [1.807, 2.05) is 18.2 Å². The van der Waals surface area contributed by atoms with Crippen LogP contribution >= 0.6 is 0 Å². The van der Waals surface area contributed by atoms with Crippen molar-refractivity contribution in [3.05, 3.63) is 47.2 Å². The number of aliphatic hydroxyl groups is 1. The van der Waals surface area contributed by atoms with E-state index in [4.69, 9.17) is 0 Å². The van der Waals surface area contributed by atoms with Gasteiger partial charge in [-0.2, -0.15) is 0 Å². The number of carbonyl (C=O) groups excluding carboxylic acids is 1. The van der Waals surface area contributed by atoms with Gasteiger partial charge >= 0.3 is 0 Å². The van der Waals surface area contributed by atoms with Crippen LogP contribution < -0.4 is 5.32 Å². The second-order valence-electron chi connectivity index (χ2n) is 5.51. The first-order valence-electron chi connectivity index (χ1n) is 6.54. The molecule has 4 rings (SSSR count). The van der Waals surface area contributed by atoms with Crippen LogP contribution in [0.2, 0.25) is 0 Å². The minimum absolute atomic E-state index is 0.0342. The lowest BCUT2D eigenvalue weighted by molar-refractivity contribution is -0.120. The summed E-state index contributed by atoms with van der Waals surface area (Å²) < 4.78 is 0. The van der Waals surface area contributed by atoms with Gasteiger partial charge in [0, 0.05) is 11.8 Å². The highest BCUT2D eigenvalue weighted by Gasteiger charge is 2.52. The molecule has 2 atom stereocenters. The summed E-state index contributed by atoms with van der Waals surface area (Å²) in [4.78, 5) is 16.7. The van der Waals surface area contributed by atoms with Gasteiger partial charge in [0.15, 0.2) is 0 Å². The van der Waals surface area contributed by atoms with Gasteiger partial charge in [-0.15, -0.1) is 0 Å². The van der Waals surface area contributed by atoms with Crippen molar-refractivity contribution in [3.63, 3.8) is 0 Å². The molecule has 1 unspecified atom stereocenters. The molecular formula is C15H14N2O2. The van der Waals surface area contributed by atoms with E-state index >= 15 is 0 Å². The standard InChI is InChI=1S/C15H14N2O2/c18-11-4-3-9-7-15(8-10(9)6-11)12-2-1-5-16-13(12)17-14(15)19/h1-3,5-6,11,18H,4,7-8H2,(H,16,17,19)/t11?,15-/m1/s1. The number of nitrogens with one attached hydrogen (secondary N) is 1. The van der Waals surface area contributed by atoms with Gasteiger partial charge in [-0.25, -0.2) is 4.98 Å². The summed E-state index contributed by atoms with van der Waals surface area (Å²) in [5, 5.41) is 12.6. The van der Waals surface area contributed by atoms with Crippen molar-refractivity contribution in [1.29, 1.82) is 0 Å². The van der Waals surface area contributed by atoms with Gasteiger partial charge in [0.25, 0.3) is 0 Å². The van der Waals surface area contributed by atoms with E-state index in [1.54, 1.807) is 6.20 Å². The number of anilines is 1. The molecule has 1 amide bonds. The molecule has 1 aromatic heterocycles. The molecule has 0 bridgehead atoms. The molecule has 96 valence electrons. The third-order valence-electron chi connectivity index (χ3n) is 4.39. The molecular weight excluding hydrogens is 240 g/mol. The number of pyridine rings is 1. The Labute approximate surface area is 110 Å². The predicted molar refractivity (Wildman–Crippen MR) is 70.6 cm³/mol. The summed E-state index contributed by atoms with van der Waals surface area (Å²) in [7, 11) is 0. The Morgan fingerprint density at radius 1 is 1.37 bits per heavy atom.